The average Bonchev–Trinajstić information content (AvgIpc) is 2.82. The molecule has 0 spiro atoms. The van der Waals surface area contributed by atoms with Crippen LogP contribution in [-0.4, -0.2) is 37.4 Å². The molecule has 0 aliphatic rings. The number of hydrogen-bond acceptors (Lipinski definition) is 5. The van der Waals surface area contributed by atoms with Gasteiger partial charge in [-0.3, -0.25) is 4.79 Å². The van der Waals surface area contributed by atoms with E-state index >= 15 is 0 Å². The molecule has 0 aliphatic heterocycles. The van der Waals surface area contributed by atoms with E-state index in [4.69, 9.17) is 14.2 Å². The van der Waals surface area contributed by atoms with E-state index in [1.54, 1.807) is 0 Å². The van der Waals surface area contributed by atoms with E-state index < -0.39 is 6.09 Å². The lowest BCUT2D eigenvalue weighted by Gasteiger charge is -2.21. The van der Waals surface area contributed by atoms with Crippen LogP contribution in [0, 0.1) is 0 Å². The van der Waals surface area contributed by atoms with Crippen molar-refractivity contribution in [1.29, 1.82) is 0 Å². The molecular formula is C27H45NO5. The molecule has 6 nitrogen and oxygen atoms in total. The van der Waals surface area contributed by atoms with Crippen LogP contribution >= 0.6 is 0 Å². The first-order valence-corrected chi connectivity index (χ1v) is 12.8. The molecule has 0 aliphatic carbocycles. The van der Waals surface area contributed by atoms with E-state index in [1.165, 1.54) is 38.5 Å². The third-order valence-electron chi connectivity index (χ3n) is 5.55. The molecule has 1 aromatic carbocycles. The smallest absolute Gasteiger partial charge is 0.407 e. The maximum atomic E-state index is 12.3. The highest BCUT2D eigenvalue weighted by molar-refractivity contribution is 5.78. The van der Waals surface area contributed by atoms with Crippen molar-refractivity contribution in [2.75, 3.05) is 13.2 Å². The number of Topliss-reactive ketones (excluding diaryl/α,β-unsaturated/α-hetero) is 1. The molecule has 1 aromatic rings. The molecule has 0 fully saturated rings. The highest BCUT2D eigenvalue weighted by atomic mass is 16.7. The largest absolute Gasteiger partial charge is 0.445 e. The minimum atomic E-state index is -0.507. The van der Waals surface area contributed by atoms with Gasteiger partial charge >= 0.3 is 6.09 Å². The fourth-order valence-electron chi connectivity index (χ4n) is 3.58. The number of benzene rings is 1. The number of rotatable bonds is 20. The minimum absolute atomic E-state index is 0.201. The molecule has 0 bridgehead atoms. The maximum absolute atomic E-state index is 12.3. The second kappa shape index (κ2) is 19.5. The normalized spacial score (nSPS) is 12.8. The number of amides is 1. The summed E-state index contributed by atoms with van der Waals surface area (Å²) in [6, 6.07) is 9.23. The summed E-state index contributed by atoms with van der Waals surface area (Å²) in [5.41, 5.74) is 0.922. The third kappa shape index (κ3) is 16.4. The van der Waals surface area contributed by atoms with Crippen LogP contribution in [0.1, 0.15) is 97.0 Å². The highest BCUT2D eigenvalue weighted by Crippen LogP contribution is 2.12. The van der Waals surface area contributed by atoms with Gasteiger partial charge in [-0.05, 0) is 32.3 Å². The Labute approximate surface area is 200 Å². The van der Waals surface area contributed by atoms with Crippen LogP contribution in [0.25, 0.3) is 0 Å². The lowest BCUT2D eigenvalue weighted by Crippen LogP contribution is -2.40. The summed E-state index contributed by atoms with van der Waals surface area (Å²) in [6.07, 6.45) is 10.4. The molecular weight excluding hydrogens is 418 g/mol. The molecule has 1 N–H and O–H groups in total. The summed E-state index contributed by atoms with van der Waals surface area (Å²) < 4.78 is 16.4. The minimum Gasteiger partial charge on any atom is -0.445 e. The molecule has 1 unspecified atom stereocenters. The molecule has 33 heavy (non-hydrogen) atoms. The van der Waals surface area contributed by atoms with Crippen LogP contribution in [0.4, 0.5) is 4.79 Å². The highest BCUT2D eigenvalue weighted by Gasteiger charge is 2.17. The van der Waals surface area contributed by atoms with Crippen LogP contribution in [0.2, 0.25) is 0 Å². The van der Waals surface area contributed by atoms with Crippen molar-refractivity contribution in [2.45, 2.75) is 110 Å². The van der Waals surface area contributed by atoms with Gasteiger partial charge in [0, 0.05) is 19.4 Å². The van der Waals surface area contributed by atoms with Gasteiger partial charge in [0.15, 0.2) is 6.29 Å². The zero-order chi connectivity index (χ0) is 24.2. The predicted molar refractivity (Wildman–Crippen MR) is 132 cm³/mol. The van der Waals surface area contributed by atoms with Gasteiger partial charge in [-0.1, -0.05) is 82.2 Å². The van der Waals surface area contributed by atoms with Crippen LogP contribution < -0.4 is 5.32 Å². The molecule has 0 saturated heterocycles. The molecule has 0 radical (unpaired) electrons. The summed E-state index contributed by atoms with van der Waals surface area (Å²) in [5.74, 6) is 0.239. The van der Waals surface area contributed by atoms with E-state index in [-0.39, 0.29) is 31.3 Å². The van der Waals surface area contributed by atoms with Gasteiger partial charge < -0.3 is 19.5 Å². The number of nitrogens with one attached hydrogen (secondary N) is 1. The van der Waals surface area contributed by atoms with Gasteiger partial charge in [-0.15, -0.1) is 0 Å². The molecule has 1 amide bonds. The van der Waals surface area contributed by atoms with E-state index in [2.05, 4.69) is 12.2 Å². The van der Waals surface area contributed by atoms with Crippen molar-refractivity contribution in [3.63, 3.8) is 0 Å². The zero-order valence-electron chi connectivity index (χ0n) is 21.0. The first-order valence-electron chi connectivity index (χ1n) is 12.8. The van der Waals surface area contributed by atoms with Crippen LogP contribution in [0.3, 0.4) is 0 Å². The number of unbranched alkanes of at least 4 members (excludes halogenated alkanes) is 7. The second-order valence-electron chi connectivity index (χ2n) is 8.56. The molecule has 2 atom stereocenters. The molecule has 1 rings (SSSR count). The van der Waals surface area contributed by atoms with Crippen LogP contribution in [0.15, 0.2) is 30.3 Å². The van der Waals surface area contributed by atoms with Gasteiger partial charge in [0.2, 0.25) is 0 Å². The molecule has 6 heteroatoms. The summed E-state index contributed by atoms with van der Waals surface area (Å²) in [5, 5.41) is 2.85. The lowest BCUT2D eigenvalue weighted by atomic mass is 10.0. The van der Waals surface area contributed by atoms with Crippen molar-refractivity contribution in [3.8, 4) is 0 Å². The van der Waals surface area contributed by atoms with Crippen LogP contribution in [-0.2, 0) is 25.6 Å². The predicted octanol–water partition coefficient (Wildman–Crippen LogP) is 6.56. The number of alkyl carbamates (subject to hydrolysis) is 1. The standard InChI is InChI=1S/C27H45NO5/c1-4-6-7-8-9-10-11-15-18-26(29)20-19-25(22-32-23(3)31-5-2)28-27(30)33-21-24-16-13-12-14-17-24/h12-14,16-17,23,25H,4-11,15,18-22H2,1-3H3,(H,28,30)/t23?,25-/m0/s1. The van der Waals surface area contributed by atoms with Gasteiger partial charge in [0.05, 0.1) is 12.6 Å². The Balaban J connectivity index is 2.33. The molecule has 0 heterocycles. The maximum Gasteiger partial charge on any atom is 0.407 e. The Morgan fingerprint density at radius 1 is 0.879 bits per heavy atom. The van der Waals surface area contributed by atoms with Gasteiger partial charge in [-0.2, -0.15) is 0 Å². The number of hydrogen-bond donors (Lipinski definition) is 1. The summed E-state index contributed by atoms with van der Waals surface area (Å²) in [6.45, 7) is 6.97. The zero-order valence-corrected chi connectivity index (χ0v) is 21.0. The lowest BCUT2D eigenvalue weighted by molar-refractivity contribution is -0.132. The van der Waals surface area contributed by atoms with E-state index in [1.807, 2.05) is 44.2 Å². The quantitative estimate of drug-likeness (QED) is 0.175. The summed E-state index contributed by atoms with van der Waals surface area (Å²) in [7, 11) is 0. The van der Waals surface area contributed by atoms with Gasteiger partial charge in [-0.25, -0.2) is 4.79 Å². The fraction of sp³-hybridized carbons (Fsp3) is 0.704. The molecule has 0 aromatic heterocycles. The summed E-state index contributed by atoms with van der Waals surface area (Å²) in [4.78, 5) is 24.6. The molecule has 0 saturated carbocycles. The fourth-order valence-corrected chi connectivity index (χ4v) is 3.58. The Bertz CT molecular complexity index is 622. The second-order valence-corrected chi connectivity index (χ2v) is 8.56. The van der Waals surface area contributed by atoms with E-state index in [0.29, 0.717) is 25.9 Å². The van der Waals surface area contributed by atoms with Crippen molar-refractivity contribution >= 4 is 11.9 Å². The molecule has 188 valence electrons. The average molecular weight is 464 g/mol. The number of ether oxygens (including phenoxy) is 3. The Morgan fingerprint density at radius 2 is 1.55 bits per heavy atom. The van der Waals surface area contributed by atoms with Crippen LogP contribution in [0.5, 0.6) is 0 Å². The monoisotopic (exact) mass is 463 g/mol. The number of carbonyl (C=O) groups excluding carboxylic acids is 2. The van der Waals surface area contributed by atoms with Gasteiger partial charge in [0.1, 0.15) is 12.4 Å². The van der Waals surface area contributed by atoms with Crippen molar-refractivity contribution in [3.05, 3.63) is 35.9 Å². The van der Waals surface area contributed by atoms with Crippen molar-refractivity contribution in [2.24, 2.45) is 0 Å². The Morgan fingerprint density at radius 3 is 2.21 bits per heavy atom. The first-order chi connectivity index (χ1) is 16.0. The summed E-state index contributed by atoms with van der Waals surface area (Å²) >= 11 is 0. The third-order valence-corrected chi connectivity index (χ3v) is 5.55. The number of ketones is 1. The van der Waals surface area contributed by atoms with Crippen molar-refractivity contribution in [1.82, 2.24) is 5.32 Å². The van der Waals surface area contributed by atoms with Crippen molar-refractivity contribution < 1.29 is 23.8 Å². The van der Waals surface area contributed by atoms with E-state index in [9.17, 15) is 9.59 Å². The number of carbonyl (C=O) groups is 2. The Kier molecular flexibility index (Phi) is 17.2. The van der Waals surface area contributed by atoms with Gasteiger partial charge in [0.25, 0.3) is 0 Å². The SMILES string of the molecule is CCCCCCCCCCC(=O)CC[C@@H](COC(C)OCC)NC(=O)OCc1ccccc1. The van der Waals surface area contributed by atoms with E-state index in [0.717, 1.165) is 18.4 Å². The Hall–Kier alpha value is -1.92. The topological polar surface area (TPSA) is 73.9 Å². The first kappa shape index (κ1) is 29.1.